The van der Waals surface area contributed by atoms with Gasteiger partial charge in [-0.2, -0.15) is 0 Å². The maximum atomic E-state index is 14.5. The molecular weight excluding hydrogens is 307 g/mol. The van der Waals surface area contributed by atoms with Crippen LogP contribution in [0.1, 0.15) is 44.2 Å². The van der Waals surface area contributed by atoms with Crippen LogP contribution in [0.25, 0.3) is 0 Å². The van der Waals surface area contributed by atoms with Crippen molar-refractivity contribution in [3.05, 3.63) is 41.5 Å². The highest BCUT2D eigenvalue weighted by atomic mass is 19.1. The number of tetrazole rings is 1. The van der Waals surface area contributed by atoms with Crippen molar-refractivity contribution in [1.29, 1.82) is 0 Å². The van der Waals surface area contributed by atoms with Crippen molar-refractivity contribution in [3.63, 3.8) is 0 Å². The SMILES string of the molecule is CCN1CCN(C(c2ccccc2F)c2nnnn2C(C)C)CC1. The van der Waals surface area contributed by atoms with Gasteiger partial charge in [-0.3, -0.25) is 4.90 Å². The topological polar surface area (TPSA) is 50.1 Å². The molecule has 2 aromatic rings. The van der Waals surface area contributed by atoms with Crippen molar-refractivity contribution in [2.24, 2.45) is 0 Å². The van der Waals surface area contributed by atoms with Crippen molar-refractivity contribution < 1.29 is 4.39 Å². The quantitative estimate of drug-likeness (QED) is 0.839. The van der Waals surface area contributed by atoms with E-state index in [0.29, 0.717) is 11.4 Å². The highest BCUT2D eigenvalue weighted by Gasteiger charge is 2.32. The van der Waals surface area contributed by atoms with Crippen LogP contribution in [-0.2, 0) is 0 Å². The molecule has 24 heavy (non-hydrogen) atoms. The van der Waals surface area contributed by atoms with Gasteiger partial charge in [-0.25, -0.2) is 9.07 Å². The Balaban J connectivity index is 1.99. The Kier molecular flexibility index (Phi) is 5.20. The Morgan fingerprint density at radius 1 is 1.12 bits per heavy atom. The maximum absolute atomic E-state index is 14.5. The van der Waals surface area contributed by atoms with Crippen molar-refractivity contribution >= 4 is 0 Å². The first kappa shape index (κ1) is 17.0. The minimum Gasteiger partial charge on any atom is -0.301 e. The fourth-order valence-corrected chi connectivity index (χ4v) is 3.28. The lowest BCUT2D eigenvalue weighted by atomic mass is 10.0. The highest BCUT2D eigenvalue weighted by molar-refractivity contribution is 5.26. The van der Waals surface area contributed by atoms with Crippen molar-refractivity contribution in [2.45, 2.75) is 32.9 Å². The lowest BCUT2D eigenvalue weighted by molar-refractivity contribution is 0.106. The van der Waals surface area contributed by atoms with E-state index in [0.717, 1.165) is 32.7 Å². The van der Waals surface area contributed by atoms with Crippen LogP contribution in [0.4, 0.5) is 4.39 Å². The molecule has 1 aliphatic heterocycles. The van der Waals surface area contributed by atoms with Gasteiger partial charge in [0.1, 0.15) is 11.9 Å². The van der Waals surface area contributed by atoms with E-state index in [1.54, 1.807) is 10.7 Å². The summed E-state index contributed by atoms with van der Waals surface area (Å²) in [5, 5.41) is 12.2. The summed E-state index contributed by atoms with van der Waals surface area (Å²) in [7, 11) is 0. The first-order chi connectivity index (χ1) is 11.6. The Hall–Kier alpha value is -1.86. The number of halogens is 1. The molecule has 7 heteroatoms. The van der Waals surface area contributed by atoms with Gasteiger partial charge in [-0.05, 0) is 36.9 Å². The molecular formula is C17H25FN6. The van der Waals surface area contributed by atoms with Gasteiger partial charge in [-0.1, -0.05) is 25.1 Å². The number of rotatable bonds is 5. The van der Waals surface area contributed by atoms with E-state index in [1.165, 1.54) is 6.07 Å². The molecule has 1 saturated heterocycles. The molecule has 0 bridgehead atoms. The molecule has 1 unspecified atom stereocenters. The van der Waals surface area contributed by atoms with Crippen molar-refractivity contribution in [1.82, 2.24) is 30.0 Å². The van der Waals surface area contributed by atoms with Gasteiger partial charge >= 0.3 is 0 Å². The molecule has 3 rings (SSSR count). The lowest BCUT2D eigenvalue weighted by Gasteiger charge is -2.38. The van der Waals surface area contributed by atoms with E-state index in [-0.39, 0.29) is 17.9 Å². The number of hydrogen-bond acceptors (Lipinski definition) is 5. The number of piperazine rings is 1. The summed E-state index contributed by atoms with van der Waals surface area (Å²) in [4.78, 5) is 4.69. The zero-order valence-electron chi connectivity index (χ0n) is 14.6. The number of aromatic nitrogens is 4. The zero-order valence-corrected chi connectivity index (χ0v) is 14.6. The fraction of sp³-hybridized carbons (Fsp3) is 0.588. The van der Waals surface area contributed by atoms with Gasteiger partial charge in [0, 0.05) is 31.7 Å². The standard InChI is InChI=1S/C17H25FN6/c1-4-22-9-11-23(12-10-22)16(14-7-5-6-8-15(14)18)17-19-20-21-24(17)13(2)3/h5-8,13,16H,4,9-12H2,1-3H3. The third-order valence-electron chi connectivity index (χ3n) is 4.67. The molecule has 1 aromatic carbocycles. The Morgan fingerprint density at radius 3 is 2.46 bits per heavy atom. The predicted octanol–water partition coefficient (Wildman–Crippen LogP) is 2.12. The van der Waals surface area contributed by atoms with E-state index < -0.39 is 0 Å². The van der Waals surface area contributed by atoms with Gasteiger partial charge in [0.25, 0.3) is 0 Å². The molecule has 0 N–H and O–H groups in total. The Bertz CT molecular complexity index is 663. The smallest absolute Gasteiger partial charge is 0.173 e. The van der Waals surface area contributed by atoms with E-state index in [1.807, 2.05) is 26.0 Å². The summed E-state index contributed by atoms with van der Waals surface area (Å²) in [6.45, 7) is 11.0. The molecule has 1 atom stereocenters. The Labute approximate surface area is 142 Å². The van der Waals surface area contributed by atoms with Gasteiger partial charge in [0.15, 0.2) is 5.82 Å². The molecule has 0 radical (unpaired) electrons. The maximum Gasteiger partial charge on any atom is 0.173 e. The lowest BCUT2D eigenvalue weighted by Crippen LogP contribution is -2.48. The van der Waals surface area contributed by atoms with Gasteiger partial charge in [0.05, 0.1) is 6.04 Å². The molecule has 0 saturated carbocycles. The monoisotopic (exact) mass is 332 g/mol. The molecule has 1 aliphatic rings. The van der Waals surface area contributed by atoms with Crippen LogP contribution in [0.5, 0.6) is 0 Å². The molecule has 0 spiro atoms. The van der Waals surface area contributed by atoms with Crippen LogP contribution in [0, 0.1) is 5.82 Å². The second-order valence-electron chi connectivity index (χ2n) is 6.47. The second kappa shape index (κ2) is 7.36. The molecule has 130 valence electrons. The summed E-state index contributed by atoms with van der Waals surface area (Å²) < 4.78 is 16.3. The molecule has 6 nitrogen and oxygen atoms in total. The number of nitrogens with zero attached hydrogens (tertiary/aromatic N) is 6. The highest BCUT2D eigenvalue weighted by Crippen LogP contribution is 2.30. The minimum absolute atomic E-state index is 0.126. The third kappa shape index (κ3) is 3.32. The first-order valence-electron chi connectivity index (χ1n) is 8.60. The minimum atomic E-state index is -0.261. The van der Waals surface area contributed by atoms with Crippen LogP contribution in [0.2, 0.25) is 0 Å². The predicted molar refractivity (Wildman–Crippen MR) is 90.1 cm³/mol. The molecule has 1 fully saturated rings. The van der Waals surface area contributed by atoms with Crippen LogP contribution in [0.15, 0.2) is 24.3 Å². The van der Waals surface area contributed by atoms with Crippen LogP contribution < -0.4 is 0 Å². The fourth-order valence-electron chi connectivity index (χ4n) is 3.28. The van der Waals surface area contributed by atoms with E-state index in [9.17, 15) is 4.39 Å². The zero-order chi connectivity index (χ0) is 17.1. The average Bonchev–Trinajstić information content (AvgIpc) is 3.07. The summed E-state index contributed by atoms with van der Waals surface area (Å²) >= 11 is 0. The molecule has 0 amide bonds. The average molecular weight is 332 g/mol. The van der Waals surface area contributed by atoms with E-state index in [4.69, 9.17) is 0 Å². The number of hydrogen-bond donors (Lipinski definition) is 0. The summed E-state index contributed by atoms with van der Waals surface area (Å²) in [5.74, 6) is 0.499. The van der Waals surface area contributed by atoms with Gasteiger partial charge in [-0.15, -0.1) is 5.10 Å². The largest absolute Gasteiger partial charge is 0.301 e. The first-order valence-corrected chi connectivity index (χ1v) is 8.60. The van der Waals surface area contributed by atoms with Crippen LogP contribution in [0.3, 0.4) is 0 Å². The van der Waals surface area contributed by atoms with Crippen LogP contribution in [-0.4, -0.2) is 62.7 Å². The second-order valence-corrected chi connectivity index (χ2v) is 6.47. The summed E-state index contributed by atoms with van der Waals surface area (Å²) in [6, 6.07) is 6.80. The molecule has 1 aromatic heterocycles. The third-order valence-corrected chi connectivity index (χ3v) is 4.67. The van der Waals surface area contributed by atoms with Crippen molar-refractivity contribution in [3.8, 4) is 0 Å². The number of likely N-dealkylation sites (N-methyl/N-ethyl adjacent to an activating group) is 1. The number of benzene rings is 1. The van der Waals surface area contributed by atoms with Crippen molar-refractivity contribution in [2.75, 3.05) is 32.7 Å². The normalized spacial score (nSPS) is 18.2. The van der Waals surface area contributed by atoms with Crippen LogP contribution >= 0.6 is 0 Å². The van der Waals surface area contributed by atoms with Gasteiger partial charge in [0.2, 0.25) is 0 Å². The summed E-state index contributed by atoms with van der Waals surface area (Å²) in [5.41, 5.74) is 0.638. The summed E-state index contributed by atoms with van der Waals surface area (Å²) in [6.07, 6.45) is 0. The van der Waals surface area contributed by atoms with Gasteiger partial charge < -0.3 is 4.90 Å². The van der Waals surface area contributed by atoms with E-state index in [2.05, 4.69) is 32.2 Å². The molecule has 0 aliphatic carbocycles. The van der Waals surface area contributed by atoms with E-state index >= 15 is 0 Å². The molecule has 2 heterocycles. The Morgan fingerprint density at radius 2 is 1.83 bits per heavy atom.